The minimum Gasteiger partial charge on any atom is -0.379 e. The normalized spacial score (nSPS) is 22.7. The average molecular weight is 508 g/mol. The van der Waals surface area contributed by atoms with E-state index in [2.05, 4.69) is 20.6 Å². The number of amides is 1. The third-order valence-electron chi connectivity index (χ3n) is 6.40. The molecule has 1 atom stereocenters. The second-order valence-corrected chi connectivity index (χ2v) is 9.50. The molecule has 0 bridgehead atoms. The Hall–Kier alpha value is -2.69. The van der Waals surface area contributed by atoms with Crippen molar-refractivity contribution in [3.8, 4) is 0 Å². The van der Waals surface area contributed by atoms with Crippen molar-refractivity contribution in [3.05, 3.63) is 34.2 Å². The van der Waals surface area contributed by atoms with Gasteiger partial charge in [0.1, 0.15) is 11.3 Å². The lowest BCUT2D eigenvalue weighted by Crippen LogP contribution is -2.29. The highest BCUT2D eigenvalue weighted by molar-refractivity contribution is 6.39. The third kappa shape index (κ3) is 4.62. The van der Waals surface area contributed by atoms with Crippen LogP contribution in [0, 0.1) is 11.7 Å². The van der Waals surface area contributed by atoms with E-state index in [0.717, 1.165) is 19.3 Å². The van der Waals surface area contributed by atoms with E-state index in [1.54, 1.807) is 6.20 Å². The van der Waals surface area contributed by atoms with E-state index in [-0.39, 0.29) is 34.0 Å². The summed E-state index contributed by atoms with van der Waals surface area (Å²) in [5, 5.41) is 6.76. The van der Waals surface area contributed by atoms with Crippen molar-refractivity contribution < 1.29 is 13.9 Å². The number of halogens is 3. The number of nitrogens with zero attached hydrogens (tertiary/aromatic N) is 4. The standard InChI is InChI=1S/C22H24Cl2FN7O2/c23-15-7-12(25)8-16(24)18(15)30-22-29-17-9-27-21(28-13-5-6-34-10-13)31-20(17)32(22)14-3-1-11(2-4-14)19(26)33/h7-9,11,13-14H,1-6,10H2,(H2,26,33)(H,29,30)(H,27,28,31)/t11?,13-,14?/m0/s1. The van der Waals surface area contributed by atoms with Gasteiger partial charge in [0.2, 0.25) is 17.8 Å². The maximum absolute atomic E-state index is 13.7. The molecule has 4 N–H and O–H groups in total. The second-order valence-electron chi connectivity index (χ2n) is 8.69. The summed E-state index contributed by atoms with van der Waals surface area (Å²) in [5.74, 6) is 0.00154. The number of hydrogen-bond acceptors (Lipinski definition) is 7. The summed E-state index contributed by atoms with van der Waals surface area (Å²) < 4.78 is 21.1. The molecule has 9 nitrogen and oxygen atoms in total. The number of rotatable bonds is 6. The van der Waals surface area contributed by atoms with E-state index < -0.39 is 5.82 Å². The predicted molar refractivity (Wildman–Crippen MR) is 128 cm³/mol. The van der Waals surface area contributed by atoms with Crippen LogP contribution >= 0.6 is 23.2 Å². The molecule has 2 aromatic heterocycles. The molecule has 1 aromatic carbocycles. The van der Waals surface area contributed by atoms with Crippen LogP contribution in [0.1, 0.15) is 38.1 Å². The fraction of sp³-hybridized carbons (Fsp3) is 0.455. The first-order chi connectivity index (χ1) is 16.4. The number of carbonyl (C=O) groups is 1. The molecule has 12 heteroatoms. The highest BCUT2D eigenvalue weighted by atomic mass is 35.5. The Morgan fingerprint density at radius 3 is 2.53 bits per heavy atom. The Morgan fingerprint density at radius 2 is 1.88 bits per heavy atom. The smallest absolute Gasteiger partial charge is 0.225 e. The Labute approximate surface area is 205 Å². The van der Waals surface area contributed by atoms with Crippen LogP contribution < -0.4 is 16.4 Å². The third-order valence-corrected chi connectivity index (χ3v) is 7.00. The molecule has 180 valence electrons. The number of fused-ring (bicyclic) bond motifs is 1. The molecule has 3 heterocycles. The highest BCUT2D eigenvalue weighted by Crippen LogP contribution is 2.39. The number of anilines is 3. The summed E-state index contributed by atoms with van der Waals surface area (Å²) in [6.07, 6.45) is 5.33. The van der Waals surface area contributed by atoms with E-state index in [9.17, 15) is 9.18 Å². The van der Waals surface area contributed by atoms with Gasteiger partial charge < -0.3 is 21.1 Å². The first-order valence-corrected chi connectivity index (χ1v) is 11.9. The number of hydrogen-bond donors (Lipinski definition) is 3. The molecule has 5 rings (SSSR count). The van der Waals surface area contributed by atoms with Gasteiger partial charge in [-0.1, -0.05) is 23.2 Å². The maximum atomic E-state index is 13.7. The van der Waals surface area contributed by atoms with Crippen molar-refractivity contribution in [2.75, 3.05) is 23.8 Å². The molecule has 2 aliphatic rings. The Kier molecular flexibility index (Phi) is 6.46. The van der Waals surface area contributed by atoms with Gasteiger partial charge in [0, 0.05) is 18.6 Å². The van der Waals surface area contributed by atoms with Crippen LogP contribution in [0.15, 0.2) is 18.3 Å². The molecule has 0 radical (unpaired) electrons. The molecule has 1 saturated heterocycles. The van der Waals surface area contributed by atoms with E-state index in [0.29, 0.717) is 54.8 Å². The minimum atomic E-state index is -0.531. The molecule has 1 amide bonds. The summed E-state index contributed by atoms with van der Waals surface area (Å²) >= 11 is 12.5. The van der Waals surface area contributed by atoms with Crippen LogP contribution in [0.2, 0.25) is 10.0 Å². The fourth-order valence-corrected chi connectivity index (χ4v) is 5.17. The largest absolute Gasteiger partial charge is 0.379 e. The summed E-state index contributed by atoms with van der Waals surface area (Å²) in [4.78, 5) is 25.5. The Bertz CT molecular complexity index is 1200. The molecule has 34 heavy (non-hydrogen) atoms. The molecule has 2 fully saturated rings. The Balaban J connectivity index is 1.54. The fourth-order valence-electron chi connectivity index (χ4n) is 4.62. The zero-order valence-electron chi connectivity index (χ0n) is 18.2. The molecular weight excluding hydrogens is 484 g/mol. The van der Waals surface area contributed by atoms with Gasteiger partial charge >= 0.3 is 0 Å². The SMILES string of the molecule is NC(=O)C1CCC(n2c(Nc3c(Cl)cc(F)cc3Cl)nc3cnc(N[C@H]4CCOC4)nc32)CC1. The number of nitrogens with two attached hydrogens (primary N) is 1. The second kappa shape index (κ2) is 9.52. The van der Waals surface area contributed by atoms with Crippen molar-refractivity contribution in [2.45, 2.75) is 44.2 Å². The van der Waals surface area contributed by atoms with E-state index in [1.165, 1.54) is 12.1 Å². The number of imidazole rings is 1. The minimum absolute atomic E-state index is 0.0127. The summed E-state index contributed by atoms with van der Waals surface area (Å²) in [6.45, 7) is 1.31. The number of ether oxygens (including phenoxy) is 1. The van der Waals surface area contributed by atoms with Gasteiger partial charge in [0.15, 0.2) is 5.65 Å². The lowest BCUT2D eigenvalue weighted by atomic mass is 9.85. The Morgan fingerprint density at radius 1 is 1.15 bits per heavy atom. The molecule has 0 spiro atoms. The van der Waals surface area contributed by atoms with Crippen molar-refractivity contribution in [1.29, 1.82) is 0 Å². The monoisotopic (exact) mass is 507 g/mol. The van der Waals surface area contributed by atoms with Gasteiger partial charge in [-0.3, -0.25) is 9.36 Å². The van der Waals surface area contributed by atoms with Gasteiger partial charge in [-0.15, -0.1) is 0 Å². The average Bonchev–Trinajstić information content (AvgIpc) is 3.43. The van der Waals surface area contributed by atoms with Crippen molar-refractivity contribution in [1.82, 2.24) is 19.5 Å². The van der Waals surface area contributed by atoms with E-state index in [4.69, 9.17) is 38.7 Å². The van der Waals surface area contributed by atoms with Gasteiger partial charge in [-0.25, -0.2) is 14.4 Å². The van der Waals surface area contributed by atoms with Gasteiger partial charge in [0.25, 0.3) is 0 Å². The quantitative estimate of drug-likeness (QED) is 0.451. The van der Waals surface area contributed by atoms with E-state index in [1.807, 2.05) is 4.57 Å². The molecule has 1 aliphatic carbocycles. The maximum Gasteiger partial charge on any atom is 0.225 e. The molecule has 3 aromatic rings. The van der Waals surface area contributed by atoms with Crippen molar-refractivity contribution >= 4 is 57.9 Å². The molecule has 1 aliphatic heterocycles. The number of primary amides is 1. The van der Waals surface area contributed by atoms with Crippen LogP contribution in [0.3, 0.4) is 0 Å². The van der Waals surface area contributed by atoms with Crippen LogP contribution in [0.4, 0.5) is 22.0 Å². The molecule has 0 unspecified atom stereocenters. The van der Waals surface area contributed by atoms with Crippen molar-refractivity contribution in [2.24, 2.45) is 11.7 Å². The summed E-state index contributed by atoms with van der Waals surface area (Å²) in [6, 6.07) is 2.53. The zero-order valence-corrected chi connectivity index (χ0v) is 19.7. The van der Waals surface area contributed by atoms with Gasteiger partial charge in [0.05, 0.1) is 34.6 Å². The lowest BCUT2D eigenvalue weighted by molar-refractivity contribution is -0.122. The van der Waals surface area contributed by atoms with Crippen LogP contribution in [0.25, 0.3) is 11.2 Å². The van der Waals surface area contributed by atoms with Crippen LogP contribution in [-0.4, -0.2) is 44.7 Å². The van der Waals surface area contributed by atoms with E-state index >= 15 is 0 Å². The summed E-state index contributed by atoms with van der Waals surface area (Å²) in [7, 11) is 0. The first kappa shape index (κ1) is 23.1. The van der Waals surface area contributed by atoms with Gasteiger partial charge in [-0.2, -0.15) is 4.98 Å². The zero-order chi connectivity index (χ0) is 23.8. The lowest BCUT2D eigenvalue weighted by Gasteiger charge is -2.29. The molecule has 1 saturated carbocycles. The summed E-state index contributed by atoms with van der Waals surface area (Å²) in [5.41, 5.74) is 7.10. The highest BCUT2D eigenvalue weighted by Gasteiger charge is 2.29. The number of carbonyl (C=O) groups excluding carboxylic acids is 1. The number of nitrogens with one attached hydrogen (secondary N) is 2. The van der Waals surface area contributed by atoms with Crippen molar-refractivity contribution in [3.63, 3.8) is 0 Å². The number of aromatic nitrogens is 4. The predicted octanol–water partition coefficient (Wildman–Crippen LogP) is 4.43. The van der Waals surface area contributed by atoms with Gasteiger partial charge in [-0.05, 0) is 44.2 Å². The molecular formula is C22H24Cl2FN7O2. The van der Waals surface area contributed by atoms with Crippen LogP contribution in [0.5, 0.6) is 0 Å². The first-order valence-electron chi connectivity index (χ1n) is 11.2. The number of benzene rings is 1. The van der Waals surface area contributed by atoms with Crippen LogP contribution in [-0.2, 0) is 9.53 Å². The topological polar surface area (TPSA) is 120 Å².